The van der Waals surface area contributed by atoms with Crippen LogP contribution in [-0.4, -0.2) is 29.2 Å². The molecule has 1 N–H and O–H groups in total. The Kier molecular flexibility index (Phi) is 3.03. The first-order chi connectivity index (χ1) is 7.16. The Morgan fingerprint density at radius 3 is 3.00 bits per heavy atom. The smallest absolute Gasteiger partial charge is 0.126 e. The van der Waals surface area contributed by atoms with Crippen LogP contribution in [-0.2, 0) is 6.54 Å². The third-order valence-corrected chi connectivity index (χ3v) is 3.02. The van der Waals surface area contributed by atoms with Crippen LogP contribution < -0.4 is 0 Å². The molecule has 2 rings (SSSR count). The molecule has 0 radical (unpaired) electrons. The molecule has 1 aromatic rings. The van der Waals surface area contributed by atoms with Crippen LogP contribution in [0.3, 0.4) is 0 Å². The summed E-state index contributed by atoms with van der Waals surface area (Å²) in [5, 5.41) is 9.39. The van der Waals surface area contributed by atoms with Crippen LogP contribution in [0.1, 0.15) is 17.5 Å². The number of hydrogen-bond acceptors (Lipinski definition) is 2. The molecular formula is C12H16FNO. The molecule has 0 aromatic heterocycles. The Balaban J connectivity index is 2.07. The molecule has 15 heavy (non-hydrogen) atoms. The topological polar surface area (TPSA) is 23.5 Å². The van der Waals surface area contributed by atoms with Crippen molar-refractivity contribution in [3.63, 3.8) is 0 Å². The van der Waals surface area contributed by atoms with Crippen LogP contribution in [0, 0.1) is 12.7 Å². The Labute approximate surface area is 89.3 Å². The fourth-order valence-electron chi connectivity index (χ4n) is 2.02. The second kappa shape index (κ2) is 4.29. The lowest BCUT2D eigenvalue weighted by Gasteiger charge is -2.16. The van der Waals surface area contributed by atoms with Gasteiger partial charge in [0.05, 0.1) is 6.10 Å². The van der Waals surface area contributed by atoms with Crippen molar-refractivity contribution in [1.82, 2.24) is 4.90 Å². The number of benzene rings is 1. The summed E-state index contributed by atoms with van der Waals surface area (Å²) < 4.78 is 13.3. The van der Waals surface area contributed by atoms with Crippen LogP contribution in [0.15, 0.2) is 18.2 Å². The van der Waals surface area contributed by atoms with Crippen molar-refractivity contribution < 1.29 is 9.50 Å². The van der Waals surface area contributed by atoms with Crippen molar-refractivity contribution in [3.05, 3.63) is 35.1 Å². The number of aliphatic hydroxyl groups is 1. The molecule has 3 heteroatoms. The van der Waals surface area contributed by atoms with Crippen LogP contribution >= 0.6 is 0 Å². The Hall–Kier alpha value is -0.930. The third-order valence-electron chi connectivity index (χ3n) is 3.02. The summed E-state index contributed by atoms with van der Waals surface area (Å²) in [6.07, 6.45) is 0.618. The predicted molar refractivity (Wildman–Crippen MR) is 57.0 cm³/mol. The lowest BCUT2D eigenvalue weighted by molar-refractivity contribution is 0.174. The van der Waals surface area contributed by atoms with Gasteiger partial charge in [-0.3, -0.25) is 4.90 Å². The number of nitrogens with zero attached hydrogens (tertiary/aromatic N) is 1. The minimum Gasteiger partial charge on any atom is -0.392 e. The van der Waals surface area contributed by atoms with Gasteiger partial charge in [-0.1, -0.05) is 12.1 Å². The van der Waals surface area contributed by atoms with Gasteiger partial charge >= 0.3 is 0 Å². The number of likely N-dealkylation sites (tertiary alicyclic amines) is 1. The number of hydrogen-bond donors (Lipinski definition) is 1. The van der Waals surface area contributed by atoms with E-state index >= 15 is 0 Å². The average Bonchev–Trinajstić information content (AvgIpc) is 2.59. The van der Waals surface area contributed by atoms with Crippen molar-refractivity contribution in [2.75, 3.05) is 13.1 Å². The number of rotatable bonds is 2. The van der Waals surface area contributed by atoms with Gasteiger partial charge in [0.2, 0.25) is 0 Å². The fraction of sp³-hybridized carbons (Fsp3) is 0.500. The monoisotopic (exact) mass is 209 g/mol. The minimum atomic E-state index is -0.209. The molecule has 1 aliphatic rings. The summed E-state index contributed by atoms with van der Waals surface area (Å²) in [6.45, 7) is 4.14. The van der Waals surface area contributed by atoms with Gasteiger partial charge in [0.25, 0.3) is 0 Å². The molecule has 1 heterocycles. The van der Waals surface area contributed by atoms with E-state index in [0.29, 0.717) is 6.54 Å². The molecule has 0 saturated carbocycles. The Bertz CT molecular complexity index is 353. The normalized spacial score (nSPS) is 22.2. The highest BCUT2D eigenvalue weighted by Crippen LogP contribution is 2.17. The number of halogens is 1. The van der Waals surface area contributed by atoms with Gasteiger partial charge in [-0.25, -0.2) is 4.39 Å². The SMILES string of the molecule is Cc1c(F)cccc1CN1CC[C@H](O)C1. The van der Waals surface area contributed by atoms with Gasteiger partial charge in [-0.15, -0.1) is 0 Å². The third kappa shape index (κ3) is 2.36. The molecule has 0 spiro atoms. The van der Waals surface area contributed by atoms with E-state index in [4.69, 9.17) is 0 Å². The molecule has 0 amide bonds. The first-order valence-corrected chi connectivity index (χ1v) is 5.31. The second-order valence-corrected chi connectivity index (χ2v) is 4.20. The van der Waals surface area contributed by atoms with Crippen molar-refractivity contribution in [3.8, 4) is 0 Å². The van der Waals surface area contributed by atoms with Gasteiger partial charge in [0.1, 0.15) is 5.82 Å². The Morgan fingerprint density at radius 2 is 2.33 bits per heavy atom. The lowest BCUT2D eigenvalue weighted by Crippen LogP contribution is -2.22. The van der Waals surface area contributed by atoms with Crippen molar-refractivity contribution >= 4 is 0 Å². The van der Waals surface area contributed by atoms with Gasteiger partial charge < -0.3 is 5.11 Å². The maximum Gasteiger partial charge on any atom is 0.126 e. The molecule has 0 bridgehead atoms. The summed E-state index contributed by atoms with van der Waals surface area (Å²) >= 11 is 0. The van der Waals surface area contributed by atoms with Gasteiger partial charge in [0.15, 0.2) is 0 Å². The number of β-amino-alcohol motifs (C(OH)–C–C–N with tert-alkyl or cyclic N) is 1. The molecule has 2 nitrogen and oxygen atoms in total. The minimum absolute atomic E-state index is 0.146. The fourth-order valence-corrected chi connectivity index (χ4v) is 2.02. The zero-order valence-corrected chi connectivity index (χ0v) is 8.91. The summed E-state index contributed by atoms with van der Waals surface area (Å²) in [5.41, 5.74) is 1.74. The van der Waals surface area contributed by atoms with E-state index in [1.54, 1.807) is 13.0 Å². The number of aliphatic hydroxyl groups excluding tert-OH is 1. The first-order valence-electron chi connectivity index (χ1n) is 5.31. The molecular weight excluding hydrogens is 193 g/mol. The van der Waals surface area contributed by atoms with E-state index in [-0.39, 0.29) is 11.9 Å². The largest absolute Gasteiger partial charge is 0.392 e. The second-order valence-electron chi connectivity index (χ2n) is 4.20. The highest BCUT2D eigenvalue weighted by atomic mass is 19.1. The van der Waals surface area contributed by atoms with Gasteiger partial charge in [-0.05, 0) is 30.5 Å². The van der Waals surface area contributed by atoms with E-state index in [1.807, 2.05) is 6.07 Å². The predicted octanol–water partition coefficient (Wildman–Crippen LogP) is 1.70. The molecule has 1 fully saturated rings. The molecule has 82 valence electrons. The van der Waals surface area contributed by atoms with Crippen LogP contribution in [0.5, 0.6) is 0 Å². The quantitative estimate of drug-likeness (QED) is 0.801. The van der Waals surface area contributed by atoms with Crippen molar-refractivity contribution in [2.24, 2.45) is 0 Å². The van der Waals surface area contributed by atoms with Crippen LogP contribution in [0.25, 0.3) is 0 Å². The highest BCUT2D eigenvalue weighted by Gasteiger charge is 2.20. The molecule has 0 unspecified atom stereocenters. The van der Waals surface area contributed by atoms with Gasteiger partial charge in [-0.2, -0.15) is 0 Å². The molecule has 0 aliphatic carbocycles. The van der Waals surface area contributed by atoms with Crippen molar-refractivity contribution in [1.29, 1.82) is 0 Å². The zero-order valence-electron chi connectivity index (χ0n) is 8.91. The van der Waals surface area contributed by atoms with Crippen LogP contribution in [0.2, 0.25) is 0 Å². The van der Waals surface area contributed by atoms with Crippen molar-refractivity contribution in [2.45, 2.75) is 26.0 Å². The summed E-state index contributed by atoms with van der Waals surface area (Å²) in [4.78, 5) is 2.16. The maximum atomic E-state index is 13.3. The van der Waals surface area contributed by atoms with E-state index in [1.165, 1.54) is 6.07 Å². The first kappa shape index (κ1) is 10.6. The summed E-state index contributed by atoms with van der Waals surface area (Å²) in [5.74, 6) is -0.146. The zero-order chi connectivity index (χ0) is 10.8. The van der Waals surface area contributed by atoms with E-state index in [9.17, 15) is 9.50 Å². The van der Waals surface area contributed by atoms with Crippen LogP contribution in [0.4, 0.5) is 4.39 Å². The molecule has 1 atom stereocenters. The van der Waals surface area contributed by atoms with E-state index in [2.05, 4.69) is 4.90 Å². The standard InChI is InChI=1S/C12H16FNO/c1-9-10(3-2-4-12(9)13)7-14-6-5-11(15)8-14/h2-4,11,15H,5-8H2,1H3/t11-/m0/s1. The van der Waals surface area contributed by atoms with E-state index < -0.39 is 0 Å². The molecule has 1 aromatic carbocycles. The lowest BCUT2D eigenvalue weighted by atomic mass is 10.1. The highest BCUT2D eigenvalue weighted by molar-refractivity contribution is 5.27. The average molecular weight is 209 g/mol. The molecule has 1 aliphatic heterocycles. The summed E-state index contributed by atoms with van der Waals surface area (Å²) in [6, 6.07) is 5.17. The maximum absolute atomic E-state index is 13.3. The van der Waals surface area contributed by atoms with E-state index in [0.717, 1.165) is 30.6 Å². The van der Waals surface area contributed by atoms with Gasteiger partial charge in [0, 0.05) is 19.6 Å². The summed E-state index contributed by atoms with van der Waals surface area (Å²) in [7, 11) is 0. The molecule has 1 saturated heterocycles. The Morgan fingerprint density at radius 1 is 1.53 bits per heavy atom.